The lowest BCUT2D eigenvalue weighted by Crippen LogP contribution is -1.94. The lowest BCUT2D eigenvalue weighted by atomic mass is 9.94. The standard InChI is InChI=1S/C19H15ClN4/c1-11-9-16(24-23-11)18-17(12-5-3-2-4-6-12)14-10-13(21)7-8-15(14)22-19(18)20/h2-10H,21H2,1H3,(H,23,24). The van der Waals surface area contributed by atoms with Crippen molar-refractivity contribution in [2.75, 3.05) is 5.73 Å². The number of fused-ring (bicyclic) bond motifs is 1. The Morgan fingerprint density at radius 3 is 2.50 bits per heavy atom. The van der Waals surface area contributed by atoms with Gasteiger partial charge in [0.05, 0.1) is 11.2 Å². The summed E-state index contributed by atoms with van der Waals surface area (Å²) in [6.07, 6.45) is 0. The van der Waals surface area contributed by atoms with E-state index < -0.39 is 0 Å². The molecule has 0 fully saturated rings. The second-order valence-electron chi connectivity index (χ2n) is 5.73. The topological polar surface area (TPSA) is 67.6 Å². The van der Waals surface area contributed by atoms with E-state index >= 15 is 0 Å². The molecule has 2 heterocycles. The lowest BCUT2D eigenvalue weighted by Gasteiger charge is -2.14. The van der Waals surface area contributed by atoms with E-state index in [9.17, 15) is 0 Å². The number of nitrogen functional groups attached to an aromatic ring is 1. The van der Waals surface area contributed by atoms with Gasteiger partial charge in [-0.25, -0.2) is 4.98 Å². The number of nitrogens with zero attached hydrogens (tertiary/aromatic N) is 2. The first-order valence-corrected chi connectivity index (χ1v) is 7.98. The lowest BCUT2D eigenvalue weighted by molar-refractivity contribution is 1.05. The molecule has 4 aromatic rings. The van der Waals surface area contributed by atoms with Crippen LogP contribution in [0.15, 0.2) is 54.6 Å². The van der Waals surface area contributed by atoms with E-state index in [1.54, 1.807) is 0 Å². The number of hydrogen-bond acceptors (Lipinski definition) is 3. The molecule has 0 bridgehead atoms. The van der Waals surface area contributed by atoms with Crippen LogP contribution in [0.3, 0.4) is 0 Å². The zero-order valence-electron chi connectivity index (χ0n) is 13.0. The molecule has 0 radical (unpaired) electrons. The largest absolute Gasteiger partial charge is 0.399 e. The summed E-state index contributed by atoms with van der Waals surface area (Å²) in [5.74, 6) is 0. The van der Waals surface area contributed by atoms with E-state index in [-0.39, 0.29) is 0 Å². The minimum atomic E-state index is 0.428. The zero-order valence-corrected chi connectivity index (χ0v) is 13.8. The fourth-order valence-electron chi connectivity index (χ4n) is 2.94. The van der Waals surface area contributed by atoms with Gasteiger partial charge in [-0.2, -0.15) is 5.10 Å². The average Bonchev–Trinajstić information content (AvgIpc) is 3.01. The van der Waals surface area contributed by atoms with Gasteiger partial charge in [-0.15, -0.1) is 0 Å². The van der Waals surface area contributed by atoms with Crippen LogP contribution < -0.4 is 5.73 Å². The molecule has 2 aromatic carbocycles. The molecule has 0 amide bonds. The quantitative estimate of drug-likeness (QED) is 0.407. The zero-order chi connectivity index (χ0) is 16.7. The molecule has 4 nitrogen and oxygen atoms in total. The molecule has 0 aliphatic rings. The third-order valence-corrected chi connectivity index (χ3v) is 4.26. The van der Waals surface area contributed by atoms with E-state index in [0.717, 1.165) is 39.0 Å². The molecule has 5 heteroatoms. The van der Waals surface area contributed by atoms with Crippen LogP contribution in [-0.4, -0.2) is 15.2 Å². The molecular formula is C19H15ClN4. The van der Waals surface area contributed by atoms with Gasteiger partial charge in [0.15, 0.2) is 0 Å². The Balaban J connectivity index is 2.16. The molecule has 0 saturated heterocycles. The number of H-pyrrole nitrogens is 1. The first-order valence-electron chi connectivity index (χ1n) is 7.60. The minimum Gasteiger partial charge on any atom is -0.399 e. The van der Waals surface area contributed by atoms with Gasteiger partial charge in [-0.1, -0.05) is 41.9 Å². The van der Waals surface area contributed by atoms with Gasteiger partial charge in [0, 0.05) is 27.9 Å². The first kappa shape index (κ1) is 14.7. The number of nitrogens with one attached hydrogen (secondary N) is 1. The van der Waals surface area contributed by atoms with Crippen LogP contribution in [0.2, 0.25) is 5.15 Å². The van der Waals surface area contributed by atoms with Crippen molar-refractivity contribution in [1.82, 2.24) is 15.2 Å². The van der Waals surface area contributed by atoms with Crippen molar-refractivity contribution < 1.29 is 0 Å². The second kappa shape index (κ2) is 5.65. The predicted molar refractivity (Wildman–Crippen MR) is 98.9 cm³/mol. The number of pyridine rings is 1. The Hall–Kier alpha value is -2.85. The van der Waals surface area contributed by atoms with Gasteiger partial charge >= 0.3 is 0 Å². The Kier molecular flexibility index (Phi) is 3.47. The summed E-state index contributed by atoms with van der Waals surface area (Å²) in [6, 6.07) is 17.7. The molecule has 118 valence electrons. The van der Waals surface area contributed by atoms with Crippen LogP contribution in [0.1, 0.15) is 5.69 Å². The Morgan fingerprint density at radius 1 is 1.00 bits per heavy atom. The number of benzene rings is 2. The summed E-state index contributed by atoms with van der Waals surface area (Å²) < 4.78 is 0. The molecule has 2 aromatic heterocycles. The fourth-order valence-corrected chi connectivity index (χ4v) is 3.22. The van der Waals surface area contributed by atoms with E-state index in [0.29, 0.717) is 10.8 Å². The Morgan fingerprint density at radius 2 is 1.79 bits per heavy atom. The highest BCUT2D eigenvalue weighted by atomic mass is 35.5. The number of aryl methyl sites for hydroxylation is 1. The summed E-state index contributed by atoms with van der Waals surface area (Å²) in [5, 5.41) is 8.74. The number of aromatic amines is 1. The molecule has 0 aliphatic carbocycles. The third-order valence-electron chi connectivity index (χ3n) is 3.99. The Labute approximate surface area is 144 Å². The van der Waals surface area contributed by atoms with Gasteiger partial charge in [0.1, 0.15) is 5.15 Å². The van der Waals surface area contributed by atoms with Gasteiger partial charge in [0.25, 0.3) is 0 Å². The monoisotopic (exact) mass is 334 g/mol. The van der Waals surface area contributed by atoms with Crippen molar-refractivity contribution in [1.29, 1.82) is 0 Å². The van der Waals surface area contributed by atoms with Crippen molar-refractivity contribution in [3.8, 4) is 22.4 Å². The maximum Gasteiger partial charge on any atom is 0.139 e. The molecule has 0 aliphatic heterocycles. The highest BCUT2D eigenvalue weighted by Crippen LogP contribution is 2.41. The van der Waals surface area contributed by atoms with Crippen molar-refractivity contribution in [3.63, 3.8) is 0 Å². The van der Waals surface area contributed by atoms with E-state index in [1.165, 1.54) is 0 Å². The van der Waals surface area contributed by atoms with Crippen LogP contribution in [0.5, 0.6) is 0 Å². The highest BCUT2D eigenvalue weighted by Gasteiger charge is 2.19. The van der Waals surface area contributed by atoms with Gasteiger partial charge < -0.3 is 5.73 Å². The number of anilines is 1. The summed E-state index contributed by atoms with van der Waals surface area (Å²) >= 11 is 6.55. The molecule has 0 atom stereocenters. The number of nitrogens with two attached hydrogens (primary N) is 1. The van der Waals surface area contributed by atoms with Gasteiger partial charge in [0.2, 0.25) is 0 Å². The molecule has 4 rings (SSSR count). The number of aromatic nitrogens is 3. The maximum absolute atomic E-state index is 6.55. The third kappa shape index (κ3) is 2.41. The molecule has 24 heavy (non-hydrogen) atoms. The van der Waals surface area contributed by atoms with Crippen molar-refractivity contribution in [2.45, 2.75) is 6.92 Å². The SMILES string of the molecule is Cc1cc(-c2c(Cl)nc3ccc(N)cc3c2-c2ccccc2)n[nH]1. The Bertz CT molecular complexity index is 1040. The van der Waals surface area contributed by atoms with Crippen LogP contribution in [-0.2, 0) is 0 Å². The molecule has 0 saturated carbocycles. The number of halogens is 1. The predicted octanol–water partition coefficient (Wildman–Crippen LogP) is 4.84. The molecular weight excluding hydrogens is 320 g/mol. The van der Waals surface area contributed by atoms with Crippen molar-refractivity contribution in [2.24, 2.45) is 0 Å². The normalized spacial score (nSPS) is 11.1. The molecule has 3 N–H and O–H groups in total. The second-order valence-corrected chi connectivity index (χ2v) is 6.09. The smallest absolute Gasteiger partial charge is 0.139 e. The molecule has 0 unspecified atom stereocenters. The summed E-state index contributed by atoms with van der Waals surface area (Å²) in [4.78, 5) is 4.54. The number of rotatable bonds is 2. The summed E-state index contributed by atoms with van der Waals surface area (Å²) in [5.41, 5.74) is 12.1. The van der Waals surface area contributed by atoms with E-state index in [4.69, 9.17) is 17.3 Å². The summed E-state index contributed by atoms with van der Waals surface area (Å²) in [7, 11) is 0. The van der Waals surface area contributed by atoms with E-state index in [1.807, 2.05) is 49.4 Å². The average molecular weight is 335 g/mol. The van der Waals surface area contributed by atoms with Crippen LogP contribution in [0, 0.1) is 6.92 Å². The minimum absolute atomic E-state index is 0.428. The van der Waals surface area contributed by atoms with Crippen molar-refractivity contribution in [3.05, 3.63) is 65.4 Å². The van der Waals surface area contributed by atoms with Crippen LogP contribution >= 0.6 is 11.6 Å². The highest BCUT2D eigenvalue weighted by molar-refractivity contribution is 6.34. The summed E-state index contributed by atoms with van der Waals surface area (Å²) in [6.45, 7) is 1.96. The maximum atomic E-state index is 6.55. The van der Waals surface area contributed by atoms with Crippen LogP contribution in [0.4, 0.5) is 5.69 Å². The first-order chi connectivity index (χ1) is 11.6. The van der Waals surface area contributed by atoms with E-state index in [2.05, 4.69) is 27.3 Å². The fraction of sp³-hybridized carbons (Fsp3) is 0.0526. The van der Waals surface area contributed by atoms with Gasteiger partial charge in [-0.3, -0.25) is 5.10 Å². The number of hydrogen-bond donors (Lipinski definition) is 2. The van der Waals surface area contributed by atoms with Gasteiger partial charge in [-0.05, 0) is 36.8 Å². The van der Waals surface area contributed by atoms with Crippen molar-refractivity contribution >= 4 is 28.2 Å². The molecule has 0 spiro atoms. The van der Waals surface area contributed by atoms with Crippen LogP contribution in [0.25, 0.3) is 33.3 Å².